The van der Waals surface area contributed by atoms with Gasteiger partial charge in [0, 0.05) is 19.4 Å². The summed E-state index contributed by atoms with van der Waals surface area (Å²) in [6.45, 7) is 7.93. The van der Waals surface area contributed by atoms with Crippen LogP contribution in [0.2, 0.25) is 0 Å². The number of unbranched alkanes of at least 4 members (excludes halogenated alkanes) is 13. The lowest BCUT2D eigenvalue weighted by Crippen LogP contribution is -2.29. The molecule has 1 rings (SSSR count). The molecule has 1 N–H and O–H groups in total. The average Bonchev–Trinajstić information content (AvgIpc) is 2.97. The summed E-state index contributed by atoms with van der Waals surface area (Å²) in [6.07, 6.45) is 20.9. The zero-order valence-electron chi connectivity index (χ0n) is 26.5. The number of rotatable bonds is 28. The van der Waals surface area contributed by atoms with Crippen molar-refractivity contribution in [2.75, 3.05) is 32.8 Å². The first-order valence-corrected chi connectivity index (χ1v) is 16.9. The SMILES string of the molecule is CCCCCCCOC(=O)CCCCCCCN(CCO)CCCCCCCC(=O)Oc1cccc(CCCC)c1. The Labute approximate surface area is 251 Å². The number of esters is 2. The van der Waals surface area contributed by atoms with Crippen molar-refractivity contribution in [2.24, 2.45) is 0 Å². The molecule has 0 bridgehead atoms. The van der Waals surface area contributed by atoms with E-state index in [1.165, 1.54) is 24.8 Å². The van der Waals surface area contributed by atoms with Gasteiger partial charge in [-0.1, -0.05) is 96.6 Å². The van der Waals surface area contributed by atoms with Crippen molar-refractivity contribution in [1.82, 2.24) is 4.90 Å². The maximum absolute atomic E-state index is 12.2. The van der Waals surface area contributed by atoms with Crippen LogP contribution in [0.1, 0.15) is 141 Å². The van der Waals surface area contributed by atoms with Gasteiger partial charge in [0.25, 0.3) is 0 Å². The van der Waals surface area contributed by atoms with Gasteiger partial charge in [-0.15, -0.1) is 0 Å². The molecule has 0 atom stereocenters. The Hall–Kier alpha value is -1.92. The third-order valence-electron chi connectivity index (χ3n) is 7.59. The Bertz CT molecular complexity index is 769. The van der Waals surface area contributed by atoms with Gasteiger partial charge in [0.1, 0.15) is 5.75 Å². The van der Waals surface area contributed by atoms with E-state index in [0.29, 0.717) is 25.2 Å². The van der Waals surface area contributed by atoms with Crippen LogP contribution in [0.25, 0.3) is 0 Å². The van der Waals surface area contributed by atoms with E-state index in [1.54, 1.807) is 0 Å². The summed E-state index contributed by atoms with van der Waals surface area (Å²) in [4.78, 5) is 26.4. The number of carbonyl (C=O) groups is 2. The van der Waals surface area contributed by atoms with Crippen LogP contribution in [-0.2, 0) is 20.7 Å². The molecule has 41 heavy (non-hydrogen) atoms. The van der Waals surface area contributed by atoms with Gasteiger partial charge in [0.05, 0.1) is 13.2 Å². The minimum atomic E-state index is -0.139. The van der Waals surface area contributed by atoms with Crippen molar-refractivity contribution < 1.29 is 24.2 Å². The molecule has 0 saturated heterocycles. The standard InChI is InChI=1S/C35H61NO5/c1-3-5-7-14-19-30-40-34(38)24-15-10-8-12-17-26-36(28-29-37)27-18-13-9-11-16-25-35(39)41-33-23-20-22-32(31-33)21-6-4-2/h20,22-23,31,37H,3-19,21,24-30H2,1-2H3. The molecule has 1 aromatic carbocycles. The van der Waals surface area contributed by atoms with Crippen LogP contribution in [0.5, 0.6) is 5.75 Å². The Balaban J connectivity index is 2.00. The second kappa shape index (κ2) is 26.9. The van der Waals surface area contributed by atoms with E-state index in [4.69, 9.17) is 9.47 Å². The third kappa shape index (κ3) is 22.4. The Morgan fingerprint density at radius 1 is 0.683 bits per heavy atom. The summed E-state index contributed by atoms with van der Waals surface area (Å²) >= 11 is 0. The highest BCUT2D eigenvalue weighted by molar-refractivity contribution is 5.72. The molecule has 0 unspecified atom stereocenters. The molecule has 0 amide bonds. The van der Waals surface area contributed by atoms with Gasteiger partial charge < -0.3 is 19.5 Å². The lowest BCUT2D eigenvalue weighted by molar-refractivity contribution is -0.144. The zero-order valence-corrected chi connectivity index (χ0v) is 26.5. The summed E-state index contributed by atoms with van der Waals surface area (Å²) in [7, 11) is 0. The summed E-state index contributed by atoms with van der Waals surface area (Å²) in [6, 6.07) is 7.91. The van der Waals surface area contributed by atoms with Crippen LogP contribution >= 0.6 is 0 Å². The van der Waals surface area contributed by atoms with Crippen molar-refractivity contribution in [1.29, 1.82) is 0 Å². The number of hydrogen-bond acceptors (Lipinski definition) is 6. The molecule has 0 aliphatic rings. The van der Waals surface area contributed by atoms with Crippen molar-refractivity contribution in [2.45, 2.75) is 142 Å². The molecule has 236 valence electrons. The summed E-state index contributed by atoms with van der Waals surface area (Å²) in [5.74, 6) is 0.480. The number of hydrogen-bond donors (Lipinski definition) is 1. The van der Waals surface area contributed by atoms with Crippen molar-refractivity contribution >= 4 is 11.9 Å². The number of ether oxygens (including phenoxy) is 2. The maximum Gasteiger partial charge on any atom is 0.311 e. The highest BCUT2D eigenvalue weighted by atomic mass is 16.5. The minimum Gasteiger partial charge on any atom is -0.466 e. The molecule has 6 heteroatoms. The molecule has 0 spiro atoms. The lowest BCUT2D eigenvalue weighted by atomic mass is 10.1. The Morgan fingerprint density at radius 2 is 1.27 bits per heavy atom. The van der Waals surface area contributed by atoms with Crippen molar-refractivity contribution in [3.63, 3.8) is 0 Å². The van der Waals surface area contributed by atoms with E-state index >= 15 is 0 Å². The van der Waals surface area contributed by atoms with E-state index in [-0.39, 0.29) is 18.5 Å². The molecule has 0 heterocycles. The largest absolute Gasteiger partial charge is 0.466 e. The average molecular weight is 576 g/mol. The summed E-state index contributed by atoms with van der Waals surface area (Å²) in [5.41, 5.74) is 1.23. The Kier molecular flexibility index (Phi) is 24.4. The molecule has 1 aromatic rings. The van der Waals surface area contributed by atoms with Gasteiger partial charge in [-0.25, -0.2) is 0 Å². The molecular weight excluding hydrogens is 514 g/mol. The van der Waals surface area contributed by atoms with Crippen LogP contribution in [-0.4, -0.2) is 54.8 Å². The highest BCUT2D eigenvalue weighted by Gasteiger charge is 2.07. The molecule has 0 fully saturated rings. The third-order valence-corrected chi connectivity index (χ3v) is 7.59. The Morgan fingerprint density at radius 3 is 1.93 bits per heavy atom. The number of carbonyl (C=O) groups excluding carboxylic acids is 2. The van der Waals surface area contributed by atoms with Crippen LogP contribution in [0.4, 0.5) is 0 Å². The molecule has 0 radical (unpaired) electrons. The minimum absolute atomic E-state index is 0.0435. The maximum atomic E-state index is 12.2. The monoisotopic (exact) mass is 575 g/mol. The molecule has 0 saturated carbocycles. The highest BCUT2D eigenvalue weighted by Crippen LogP contribution is 2.17. The fourth-order valence-electron chi connectivity index (χ4n) is 5.04. The first kappa shape index (κ1) is 37.1. The first-order chi connectivity index (χ1) is 20.1. The van der Waals surface area contributed by atoms with Gasteiger partial charge >= 0.3 is 11.9 Å². The fourth-order valence-corrected chi connectivity index (χ4v) is 5.04. The van der Waals surface area contributed by atoms with Gasteiger partial charge in [-0.2, -0.15) is 0 Å². The van der Waals surface area contributed by atoms with Crippen molar-refractivity contribution in [3.8, 4) is 5.75 Å². The number of nitrogens with zero attached hydrogens (tertiary/aromatic N) is 1. The number of aryl methyl sites for hydroxylation is 1. The molecule has 0 aliphatic heterocycles. The van der Waals surface area contributed by atoms with Crippen molar-refractivity contribution in [3.05, 3.63) is 29.8 Å². The predicted molar refractivity (Wildman–Crippen MR) is 169 cm³/mol. The van der Waals surface area contributed by atoms with Crippen LogP contribution < -0.4 is 4.74 Å². The molecule has 6 nitrogen and oxygen atoms in total. The number of benzene rings is 1. The van der Waals surface area contributed by atoms with E-state index in [9.17, 15) is 14.7 Å². The predicted octanol–water partition coefficient (Wildman–Crippen LogP) is 8.42. The topological polar surface area (TPSA) is 76.1 Å². The molecule has 0 aliphatic carbocycles. The molecule has 0 aromatic heterocycles. The van der Waals surface area contributed by atoms with E-state index in [0.717, 1.165) is 116 Å². The smallest absolute Gasteiger partial charge is 0.311 e. The van der Waals surface area contributed by atoms with E-state index in [2.05, 4.69) is 24.8 Å². The number of aliphatic hydroxyl groups excluding tert-OH is 1. The van der Waals surface area contributed by atoms with Gasteiger partial charge in [-0.05, 0) is 75.7 Å². The fraction of sp³-hybridized carbons (Fsp3) is 0.771. The summed E-state index contributed by atoms with van der Waals surface area (Å²) in [5, 5.41) is 9.43. The molecular formula is C35H61NO5. The quantitative estimate of drug-likeness (QED) is 0.0614. The number of aliphatic hydroxyl groups is 1. The second-order valence-electron chi connectivity index (χ2n) is 11.5. The lowest BCUT2D eigenvalue weighted by Gasteiger charge is -2.21. The van der Waals surface area contributed by atoms with E-state index in [1.807, 2.05) is 18.2 Å². The van der Waals surface area contributed by atoms with Crippen LogP contribution in [0.15, 0.2) is 24.3 Å². The van der Waals surface area contributed by atoms with E-state index < -0.39 is 0 Å². The normalized spacial score (nSPS) is 11.2. The van der Waals surface area contributed by atoms with Crippen LogP contribution in [0.3, 0.4) is 0 Å². The van der Waals surface area contributed by atoms with Gasteiger partial charge in [-0.3, -0.25) is 9.59 Å². The first-order valence-electron chi connectivity index (χ1n) is 16.9. The van der Waals surface area contributed by atoms with Gasteiger partial charge in [0.15, 0.2) is 0 Å². The van der Waals surface area contributed by atoms with Crippen LogP contribution in [0, 0.1) is 0 Å². The zero-order chi connectivity index (χ0) is 29.8. The summed E-state index contributed by atoms with van der Waals surface area (Å²) < 4.78 is 10.9. The second-order valence-corrected chi connectivity index (χ2v) is 11.5. The van der Waals surface area contributed by atoms with Gasteiger partial charge in [0.2, 0.25) is 0 Å².